The zero-order chi connectivity index (χ0) is 13.7. The summed E-state index contributed by atoms with van der Waals surface area (Å²) in [6, 6.07) is 0. The molecule has 104 valence electrons. The molecule has 0 aromatic rings. The number of carbonyl (C=O) groups is 1. The first-order chi connectivity index (χ1) is 8.45. The molecule has 1 fully saturated rings. The molecule has 0 bridgehead atoms. The highest BCUT2D eigenvalue weighted by Gasteiger charge is 2.28. The average Bonchev–Trinajstić information content (AvgIpc) is 2.29. The Hall–Kier alpha value is -0.680. The van der Waals surface area contributed by atoms with Gasteiger partial charge >= 0.3 is 0 Å². The van der Waals surface area contributed by atoms with Gasteiger partial charge in [-0.15, -0.1) is 0 Å². The summed E-state index contributed by atoms with van der Waals surface area (Å²) in [6.07, 6.45) is 2.86. The lowest BCUT2D eigenvalue weighted by atomic mass is 9.95. The van der Waals surface area contributed by atoms with Gasteiger partial charge in [-0.2, -0.15) is 0 Å². The van der Waals surface area contributed by atoms with E-state index in [9.17, 15) is 4.79 Å². The second-order valence-corrected chi connectivity index (χ2v) is 5.87. The number of nitrogens with two attached hydrogens (primary N) is 1. The molecular formula is C13H25N3OS. The smallest absolute Gasteiger partial charge is 0.232 e. The fourth-order valence-corrected chi connectivity index (χ4v) is 2.84. The van der Waals surface area contributed by atoms with Gasteiger partial charge in [0.1, 0.15) is 0 Å². The molecule has 1 saturated heterocycles. The van der Waals surface area contributed by atoms with Gasteiger partial charge in [0.2, 0.25) is 5.91 Å². The van der Waals surface area contributed by atoms with Gasteiger partial charge < -0.3 is 15.5 Å². The summed E-state index contributed by atoms with van der Waals surface area (Å²) < 4.78 is 0. The second kappa shape index (κ2) is 7.04. The average molecular weight is 271 g/mol. The van der Waals surface area contributed by atoms with Crippen molar-refractivity contribution in [2.24, 2.45) is 17.6 Å². The molecule has 1 heterocycles. The van der Waals surface area contributed by atoms with Crippen molar-refractivity contribution in [3.63, 3.8) is 0 Å². The van der Waals surface area contributed by atoms with Crippen molar-refractivity contribution >= 4 is 23.1 Å². The van der Waals surface area contributed by atoms with Crippen molar-refractivity contribution in [1.82, 2.24) is 9.80 Å². The quantitative estimate of drug-likeness (QED) is 0.761. The van der Waals surface area contributed by atoms with Crippen LogP contribution in [-0.4, -0.2) is 54.4 Å². The predicted molar refractivity (Wildman–Crippen MR) is 78.4 cm³/mol. The Morgan fingerprint density at radius 2 is 2.00 bits per heavy atom. The van der Waals surface area contributed by atoms with E-state index in [-0.39, 0.29) is 11.8 Å². The highest BCUT2D eigenvalue weighted by atomic mass is 32.1. The molecule has 1 unspecified atom stereocenters. The van der Waals surface area contributed by atoms with Gasteiger partial charge in [-0.3, -0.25) is 4.79 Å². The maximum absolute atomic E-state index is 12.2. The molecule has 0 aliphatic carbocycles. The number of amides is 1. The van der Waals surface area contributed by atoms with E-state index in [0.29, 0.717) is 17.3 Å². The van der Waals surface area contributed by atoms with Crippen molar-refractivity contribution in [1.29, 1.82) is 0 Å². The predicted octanol–water partition coefficient (Wildman–Crippen LogP) is 1.10. The molecule has 0 aromatic heterocycles. The van der Waals surface area contributed by atoms with Crippen LogP contribution in [0.5, 0.6) is 0 Å². The lowest BCUT2D eigenvalue weighted by Gasteiger charge is -2.34. The Labute approximate surface area is 115 Å². The second-order valence-electron chi connectivity index (χ2n) is 5.39. The van der Waals surface area contributed by atoms with Crippen LogP contribution in [0, 0.1) is 11.8 Å². The van der Waals surface area contributed by atoms with Crippen LogP contribution in [0.2, 0.25) is 0 Å². The van der Waals surface area contributed by atoms with Crippen molar-refractivity contribution in [2.75, 3.05) is 33.7 Å². The first kappa shape index (κ1) is 15.4. The van der Waals surface area contributed by atoms with Crippen LogP contribution in [-0.2, 0) is 4.79 Å². The van der Waals surface area contributed by atoms with Gasteiger partial charge in [0.05, 0.1) is 10.9 Å². The number of hydrogen-bond acceptors (Lipinski definition) is 3. The molecular weight excluding hydrogens is 246 g/mol. The van der Waals surface area contributed by atoms with E-state index in [2.05, 4.69) is 19.0 Å². The van der Waals surface area contributed by atoms with Crippen molar-refractivity contribution in [3.05, 3.63) is 0 Å². The van der Waals surface area contributed by atoms with Gasteiger partial charge in [0.15, 0.2) is 0 Å². The molecule has 0 radical (unpaired) electrons. The summed E-state index contributed by atoms with van der Waals surface area (Å²) in [6.45, 7) is 4.75. The number of nitrogens with zero attached hydrogens (tertiary/aromatic N) is 2. The van der Waals surface area contributed by atoms with Gasteiger partial charge in [-0.1, -0.05) is 19.1 Å². The third-order valence-electron chi connectivity index (χ3n) is 3.60. The van der Waals surface area contributed by atoms with Crippen LogP contribution < -0.4 is 5.73 Å². The zero-order valence-electron chi connectivity index (χ0n) is 11.7. The van der Waals surface area contributed by atoms with Crippen LogP contribution in [0.3, 0.4) is 0 Å². The Kier molecular flexibility index (Phi) is 6.02. The number of thiocarbonyl (C=S) groups is 1. The molecule has 5 heteroatoms. The Balaban J connectivity index is 2.47. The van der Waals surface area contributed by atoms with E-state index in [1.807, 2.05) is 11.8 Å². The lowest BCUT2D eigenvalue weighted by molar-refractivity contribution is -0.134. The summed E-state index contributed by atoms with van der Waals surface area (Å²) in [5, 5.41) is 0. The number of carbonyl (C=O) groups excluding carboxylic acids is 1. The fourth-order valence-electron chi connectivity index (χ4n) is 2.57. The van der Waals surface area contributed by atoms with Crippen LogP contribution >= 0.6 is 12.2 Å². The molecule has 0 spiro atoms. The van der Waals surface area contributed by atoms with E-state index in [0.717, 1.165) is 32.5 Å². The number of rotatable bonds is 5. The van der Waals surface area contributed by atoms with Crippen LogP contribution in [0.15, 0.2) is 0 Å². The molecule has 0 saturated carbocycles. The molecule has 2 N–H and O–H groups in total. The summed E-state index contributed by atoms with van der Waals surface area (Å²) >= 11 is 4.97. The van der Waals surface area contributed by atoms with E-state index in [1.54, 1.807) is 0 Å². The Bertz CT molecular complexity index is 299. The molecule has 1 aliphatic heterocycles. The van der Waals surface area contributed by atoms with E-state index in [4.69, 9.17) is 18.0 Å². The summed E-state index contributed by atoms with van der Waals surface area (Å²) in [7, 11) is 4.19. The zero-order valence-corrected chi connectivity index (χ0v) is 12.5. The molecule has 1 amide bonds. The minimum absolute atomic E-state index is 0.119. The van der Waals surface area contributed by atoms with Crippen LogP contribution in [0.1, 0.15) is 26.2 Å². The topological polar surface area (TPSA) is 49.6 Å². The first-order valence-corrected chi connectivity index (χ1v) is 7.09. The summed E-state index contributed by atoms with van der Waals surface area (Å²) in [5.74, 6) is 0.549. The van der Waals surface area contributed by atoms with Crippen molar-refractivity contribution in [3.8, 4) is 0 Å². The Morgan fingerprint density at radius 3 is 2.39 bits per heavy atom. The summed E-state index contributed by atoms with van der Waals surface area (Å²) in [5.41, 5.74) is 5.63. The minimum Gasteiger partial charge on any atom is -0.393 e. The lowest BCUT2D eigenvalue weighted by Crippen LogP contribution is -2.45. The minimum atomic E-state index is -0.273. The number of piperidine rings is 1. The van der Waals surface area contributed by atoms with Crippen molar-refractivity contribution < 1.29 is 4.79 Å². The van der Waals surface area contributed by atoms with Gasteiger partial charge in [0.25, 0.3) is 0 Å². The maximum Gasteiger partial charge on any atom is 0.232 e. The van der Waals surface area contributed by atoms with E-state index in [1.165, 1.54) is 0 Å². The highest BCUT2D eigenvalue weighted by Crippen LogP contribution is 2.20. The number of likely N-dealkylation sites (tertiary alicyclic amines) is 1. The SMILES string of the molecule is CCC(C(=O)N1CCC(CN(C)C)CC1)C(N)=S. The first-order valence-electron chi connectivity index (χ1n) is 6.68. The van der Waals surface area contributed by atoms with Gasteiger partial charge in [-0.05, 0) is 39.3 Å². The van der Waals surface area contributed by atoms with Crippen molar-refractivity contribution in [2.45, 2.75) is 26.2 Å². The molecule has 1 rings (SSSR count). The molecule has 18 heavy (non-hydrogen) atoms. The van der Waals surface area contributed by atoms with E-state index >= 15 is 0 Å². The molecule has 1 aliphatic rings. The van der Waals surface area contributed by atoms with Gasteiger partial charge in [0, 0.05) is 19.6 Å². The largest absolute Gasteiger partial charge is 0.393 e. The normalized spacial score (nSPS) is 19.0. The van der Waals surface area contributed by atoms with Crippen LogP contribution in [0.4, 0.5) is 0 Å². The highest BCUT2D eigenvalue weighted by molar-refractivity contribution is 7.80. The molecule has 0 aromatic carbocycles. The third-order valence-corrected chi connectivity index (χ3v) is 3.88. The van der Waals surface area contributed by atoms with E-state index < -0.39 is 0 Å². The number of hydrogen-bond donors (Lipinski definition) is 1. The molecule has 4 nitrogen and oxygen atoms in total. The van der Waals surface area contributed by atoms with Gasteiger partial charge in [-0.25, -0.2) is 0 Å². The Morgan fingerprint density at radius 1 is 1.44 bits per heavy atom. The maximum atomic E-state index is 12.2. The molecule has 1 atom stereocenters. The summed E-state index contributed by atoms with van der Waals surface area (Å²) in [4.78, 5) is 16.7. The van der Waals surface area contributed by atoms with Crippen LogP contribution in [0.25, 0.3) is 0 Å². The fraction of sp³-hybridized carbons (Fsp3) is 0.846. The third kappa shape index (κ3) is 4.21. The monoisotopic (exact) mass is 271 g/mol. The standard InChI is InChI=1S/C13H25N3OS/c1-4-11(12(14)18)13(17)16-7-5-10(6-8-16)9-15(2)3/h10-11H,4-9H2,1-3H3,(H2,14,18).